The number of nitrogens with two attached hydrogens (primary N) is 1. The summed E-state index contributed by atoms with van der Waals surface area (Å²) >= 11 is 1.22. The first-order valence-corrected chi connectivity index (χ1v) is 8.09. The first-order chi connectivity index (χ1) is 9.03. The van der Waals surface area contributed by atoms with Crippen molar-refractivity contribution >= 4 is 21.4 Å². The summed E-state index contributed by atoms with van der Waals surface area (Å²) in [6, 6.07) is 3.45. The lowest BCUT2D eigenvalue weighted by Gasteiger charge is -2.04. The second-order valence-corrected chi connectivity index (χ2v) is 7.17. The summed E-state index contributed by atoms with van der Waals surface area (Å²) in [7, 11) is -3.45. The summed E-state index contributed by atoms with van der Waals surface area (Å²) < 4.78 is 28.7. The zero-order chi connectivity index (χ0) is 13.9. The molecule has 0 atom stereocenters. The number of aromatic nitrogens is 2. The van der Waals surface area contributed by atoms with Gasteiger partial charge in [0.1, 0.15) is 4.21 Å². The molecule has 2 aromatic heterocycles. The molecular formula is C11H16N4O2S2. The zero-order valence-electron chi connectivity index (χ0n) is 10.5. The van der Waals surface area contributed by atoms with E-state index in [-0.39, 0.29) is 0 Å². The largest absolute Gasteiger partial charge is 0.326 e. The van der Waals surface area contributed by atoms with Crippen LogP contribution >= 0.6 is 11.3 Å². The third kappa shape index (κ3) is 3.41. The maximum atomic E-state index is 12.1. The van der Waals surface area contributed by atoms with Gasteiger partial charge in [0.2, 0.25) is 10.0 Å². The van der Waals surface area contributed by atoms with Crippen molar-refractivity contribution in [2.75, 3.05) is 6.54 Å². The van der Waals surface area contributed by atoms with E-state index in [4.69, 9.17) is 5.73 Å². The molecule has 2 heterocycles. The van der Waals surface area contributed by atoms with Gasteiger partial charge >= 0.3 is 0 Å². The number of nitrogens with one attached hydrogen (secondary N) is 1. The molecule has 19 heavy (non-hydrogen) atoms. The molecule has 0 fully saturated rings. The van der Waals surface area contributed by atoms with E-state index < -0.39 is 10.0 Å². The number of hydrogen-bond donors (Lipinski definition) is 2. The average molecular weight is 300 g/mol. The quantitative estimate of drug-likeness (QED) is 0.821. The zero-order valence-corrected chi connectivity index (χ0v) is 12.2. The SMILES string of the molecule is Cc1cc(S(=O)(=O)NCCn2cccn2)sc1CN. The van der Waals surface area contributed by atoms with Gasteiger partial charge in [0.15, 0.2) is 0 Å². The van der Waals surface area contributed by atoms with Crippen molar-refractivity contribution in [2.24, 2.45) is 5.73 Å². The number of aryl methyl sites for hydroxylation is 1. The number of hydrogen-bond acceptors (Lipinski definition) is 5. The van der Waals surface area contributed by atoms with Crippen LogP contribution < -0.4 is 10.5 Å². The smallest absolute Gasteiger partial charge is 0.250 e. The van der Waals surface area contributed by atoms with Crippen LogP contribution in [0, 0.1) is 6.92 Å². The fourth-order valence-electron chi connectivity index (χ4n) is 1.62. The number of sulfonamides is 1. The Bertz CT molecular complexity index is 632. The molecule has 0 amide bonds. The minimum Gasteiger partial charge on any atom is -0.326 e. The summed E-state index contributed by atoms with van der Waals surface area (Å²) in [6.07, 6.45) is 3.45. The first kappa shape index (κ1) is 14.2. The fraction of sp³-hybridized carbons (Fsp3) is 0.364. The highest BCUT2D eigenvalue weighted by Crippen LogP contribution is 2.25. The van der Waals surface area contributed by atoms with Crippen molar-refractivity contribution in [1.29, 1.82) is 0 Å². The predicted molar refractivity (Wildman–Crippen MR) is 74.4 cm³/mol. The maximum absolute atomic E-state index is 12.1. The van der Waals surface area contributed by atoms with E-state index in [1.807, 2.05) is 6.92 Å². The van der Waals surface area contributed by atoms with Crippen LogP contribution in [0.1, 0.15) is 10.4 Å². The molecule has 0 aromatic carbocycles. The van der Waals surface area contributed by atoms with E-state index in [1.165, 1.54) is 11.3 Å². The van der Waals surface area contributed by atoms with E-state index >= 15 is 0 Å². The molecule has 6 nitrogen and oxygen atoms in total. The normalized spacial score (nSPS) is 11.9. The van der Waals surface area contributed by atoms with Crippen LogP contribution in [0.25, 0.3) is 0 Å². The highest BCUT2D eigenvalue weighted by molar-refractivity contribution is 7.91. The molecule has 8 heteroatoms. The first-order valence-electron chi connectivity index (χ1n) is 5.79. The summed E-state index contributed by atoms with van der Waals surface area (Å²) in [6.45, 7) is 3.03. The molecule has 2 aromatic rings. The van der Waals surface area contributed by atoms with E-state index in [0.29, 0.717) is 23.8 Å². The van der Waals surface area contributed by atoms with E-state index in [9.17, 15) is 8.42 Å². The van der Waals surface area contributed by atoms with Gasteiger partial charge in [0, 0.05) is 30.4 Å². The summed E-state index contributed by atoms with van der Waals surface area (Å²) in [5.74, 6) is 0. The fourth-order valence-corrected chi connectivity index (χ4v) is 4.16. The molecule has 3 N–H and O–H groups in total. The molecule has 2 rings (SSSR count). The molecule has 0 radical (unpaired) electrons. The maximum Gasteiger partial charge on any atom is 0.250 e. The Balaban J connectivity index is 2.01. The second-order valence-electron chi connectivity index (χ2n) is 4.04. The molecule has 0 spiro atoms. The van der Waals surface area contributed by atoms with Gasteiger partial charge in [-0.25, -0.2) is 13.1 Å². The van der Waals surface area contributed by atoms with Gasteiger partial charge in [-0.3, -0.25) is 4.68 Å². The number of nitrogens with zero attached hydrogens (tertiary/aromatic N) is 2. The summed E-state index contributed by atoms with van der Waals surface area (Å²) in [5.41, 5.74) is 6.47. The molecule has 0 aliphatic rings. The van der Waals surface area contributed by atoms with Gasteiger partial charge in [-0.15, -0.1) is 11.3 Å². The van der Waals surface area contributed by atoms with Crippen LogP contribution in [0.5, 0.6) is 0 Å². The van der Waals surface area contributed by atoms with Gasteiger partial charge in [0.25, 0.3) is 0 Å². The molecule has 0 saturated heterocycles. The molecule has 0 saturated carbocycles. The van der Waals surface area contributed by atoms with Crippen molar-refractivity contribution in [1.82, 2.24) is 14.5 Å². The topological polar surface area (TPSA) is 90.0 Å². The van der Waals surface area contributed by atoms with Gasteiger partial charge in [-0.1, -0.05) is 0 Å². The summed E-state index contributed by atoms with van der Waals surface area (Å²) in [5, 5.41) is 4.01. The Morgan fingerprint density at radius 3 is 2.89 bits per heavy atom. The van der Waals surface area contributed by atoms with Crippen molar-refractivity contribution in [3.8, 4) is 0 Å². The van der Waals surface area contributed by atoms with Gasteiger partial charge in [-0.05, 0) is 24.6 Å². The van der Waals surface area contributed by atoms with Gasteiger partial charge in [-0.2, -0.15) is 5.10 Å². The Hall–Kier alpha value is -1.22. The molecule has 0 aliphatic carbocycles. The second kappa shape index (κ2) is 5.83. The van der Waals surface area contributed by atoms with Crippen LogP contribution in [0.15, 0.2) is 28.7 Å². The van der Waals surface area contributed by atoms with Crippen molar-refractivity contribution < 1.29 is 8.42 Å². The van der Waals surface area contributed by atoms with Gasteiger partial charge < -0.3 is 5.73 Å². The molecule has 0 bridgehead atoms. The third-order valence-electron chi connectivity index (χ3n) is 2.64. The van der Waals surface area contributed by atoms with Crippen LogP contribution in [-0.2, 0) is 23.1 Å². The van der Waals surface area contributed by atoms with Crippen molar-refractivity contribution in [2.45, 2.75) is 24.2 Å². The molecule has 0 aliphatic heterocycles. The minimum atomic E-state index is -3.45. The lowest BCUT2D eigenvalue weighted by atomic mass is 10.3. The van der Waals surface area contributed by atoms with E-state index in [1.54, 1.807) is 29.2 Å². The highest BCUT2D eigenvalue weighted by Gasteiger charge is 2.17. The minimum absolute atomic E-state index is 0.304. The molecule has 0 unspecified atom stereocenters. The predicted octanol–water partition coefficient (Wildman–Crippen LogP) is 0.690. The Morgan fingerprint density at radius 1 is 1.53 bits per heavy atom. The lowest BCUT2D eigenvalue weighted by Crippen LogP contribution is -2.27. The number of rotatable bonds is 6. The van der Waals surface area contributed by atoms with Crippen molar-refractivity contribution in [3.05, 3.63) is 35.0 Å². The van der Waals surface area contributed by atoms with Crippen molar-refractivity contribution in [3.63, 3.8) is 0 Å². The molecule has 104 valence electrons. The monoisotopic (exact) mass is 300 g/mol. The number of thiophene rings is 1. The highest BCUT2D eigenvalue weighted by atomic mass is 32.2. The van der Waals surface area contributed by atoms with E-state index in [0.717, 1.165) is 10.4 Å². The Morgan fingerprint density at radius 2 is 2.32 bits per heavy atom. The Kier molecular flexibility index (Phi) is 4.35. The van der Waals surface area contributed by atoms with Crippen LogP contribution in [-0.4, -0.2) is 24.7 Å². The van der Waals surface area contributed by atoms with Gasteiger partial charge in [0.05, 0.1) is 6.54 Å². The third-order valence-corrected chi connectivity index (χ3v) is 5.83. The van der Waals surface area contributed by atoms with E-state index in [2.05, 4.69) is 9.82 Å². The molecular weight excluding hydrogens is 284 g/mol. The standard InChI is InChI=1S/C11H16N4O2S2/c1-9-7-11(18-10(9)8-12)19(16,17)14-4-6-15-5-2-3-13-15/h2-3,5,7,14H,4,6,8,12H2,1H3. The average Bonchev–Trinajstić information content (AvgIpc) is 2.98. The van der Waals surface area contributed by atoms with Crippen LogP contribution in [0.3, 0.4) is 0 Å². The van der Waals surface area contributed by atoms with Crippen LogP contribution in [0.4, 0.5) is 0 Å². The Labute approximate surface area is 116 Å². The van der Waals surface area contributed by atoms with Crippen LogP contribution in [0.2, 0.25) is 0 Å². The lowest BCUT2D eigenvalue weighted by molar-refractivity contribution is 0.562. The summed E-state index contributed by atoms with van der Waals surface area (Å²) in [4.78, 5) is 0.896.